The van der Waals surface area contributed by atoms with Crippen LogP contribution in [0.5, 0.6) is 0 Å². The average Bonchev–Trinajstić information content (AvgIpc) is 3.39. The van der Waals surface area contributed by atoms with E-state index in [1.165, 1.54) is 142 Å². The van der Waals surface area contributed by atoms with Gasteiger partial charge >= 0.3 is 0 Å². The van der Waals surface area contributed by atoms with Gasteiger partial charge in [0.15, 0.2) is 71.8 Å². The Morgan fingerprint density at radius 1 is 0.264 bits per heavy atom. The maximum atomic E-state index is 5.99. The first-order chi connectivity index (χ1) is 34.8. The zero-order valence-electron chi connectivity index (χ0n) is 45.8. The summed E-state index contributed by atoms with van der Waals surface area (Å²) in [7, 11) is 52.4. The molecule has 0 aromatic rings. The minimum atomic E-state index is 0.872. The maximum absolute atomic E-state index is 5.99. The molecule has 9 aliphatic heterocycles. The molecule has 9 fully saturated rings. The van der Waals surface area contributed by atoms with Crippen LogP contribution >= 0.6 is 0 Å². The van der Waals surface area contributed by atoms with Crippen LogP contribution < -0.4 is 0 Å². The largest absolute Gasteiger partial charge is 0.353 e. The molecule has 0 unspecified atom stereocenters. The van der Waals surface area contributed by atoms with Crippen LogP contribution in [0.25, 0.3) is 0 Å². The summed E-state index contributed by atoms with van der Waals surface area (Å²) < 4.78 is 0. The Kier molecular flexibility index (Phi) is 29.2. The molecule has 0 spiro atoms. The lowest BCUT2D eigenvalue weighted by Gasteiger charge is -2.40. The molecule has 11 nitrogen and oxygen atoms in total. The fraction of sp³-hybridized carbons (Fsp3) is 1.00. The topological polar surface area (TPSA) is 35.6 Å². The molecule has 0 bridgehead atoms. The molecule has 0 aromatic heterocycles. The molecular weight excluding hydrogens is 876 g/mol. The molecule has 9 rings (SSSR count). The van der Waals surface area contributed by atoms with Gasteiger partial charge in [-0.15, -0.1) is 0 Å². The third-order valence-electron chi connectivity index (χ3n) is 18.9. The quantitative estimate of drug-likeness (QED) is 0.242. The van der Waals surface area contributed by atoms with Crippen LogP contribution in [0.15, 0.2) is 0 Å². The van der Waals surface area contributed by atoms with Crippen LogP contribution in [-0.2, 0) is 0 Å². The van der Waals surface area contributed by atoms with Crippen molar-refractivity contribution in [1.29, 1.82) is 0 Å². The summed E-state index contributed by atoms with van der Waals surface area (Å²) in [6.07, 6.45) is 26.4. The van der Waals surface area contributed by atoms with E-state index < -0.39 is 0 Å². The van der Waals surface area contributed by atoms with Crippen LogP contribution in [0.4, 0.5) is 0 Å². The summed E-state index contributed by atoms with van der Waals surface area (Å²) in [6, 6.07) is 0. The first-order valence-electron chi connectivity index (χ1n) is 29.7. The first-order valence-corrected chi connectivity index (χ1v) is 29.7. The summed E-state index contributed by atoms with van der Waals surface area (Å²) in [5.41, 5.74) is 0. The van der Waals surface area contributed by atoms with Gasteiger partial charge in [0.05, 0.1) is 0 Å². The number of hydrogen-bond donors (Lipinski definition) is 0. The van der Waals surface area contributed by atoms with Crippen LogP contribution in [0.3, 0.4) is 0 Å². The summed E-state index contributed by atoms with van der Waals surface area (Å²) in [4.78, 5) is 22.7. The molecule has 0 atom stereocenters. The number of piperazine rings is 2. The summed E-state index contributed by atoms with van der Waals surface area (Å²) in [6.45, 7) is 26.0. The van der Waals surface area contributed by atoms with Crippen LogP contribution in [-0.4, -0.2) is 282 Å². The van der Waals surface area contributed by atoms with E-state index in [2.05, 4.69) is 9.80 Å². The molecule has 0 saturated carbocycles. The summed E-state index contributed by atoms with van der Waals surface area (Å²) in [5.74, 6) is 7.18. The van der Waals surface area contributed by atoms with Crippen molar-refractivity contribution in [2.24, 2.45) is 47.3 Å². The third-order valence-corrected chi connectivity index (χ3v) is 18.9. The first kappa shape index (κ1) is 61.4. The Bertz CT molecular complexity index is 1220. The second-order valence-electron chi connectivity index (χ2n) is 24.3. The van der Waals surface area contributed by atoms with Crippen molar-refractivity contribution in [2.75, 3.05) is 157 Å². The van der Waals surface area contributed by atoms with Crippen molar-refractivity contribution in [1.82, 2.24) is 53.1 Å². The van der Waals surface area contributed by atoms with E-state index in [-0.39, 0.29) is 0 Å². The fourth-order valence-electron chi connectivity index (χ4n) is 13.6. The predicted molar refractivity (Wildman–Crippen MR) is 309 cm³/mol. The van der Waals surface area contributed by atoms with E-state index in [1.54, 1.807) is 0 Å². The molecule has 0 aromatic carbocycles. The zero-order valence-corrected chi connectivity index (χ0v) is 45.8. The van der Waals surface area contributed by atoms with Gasteiger partial charge in [-0.2, -0.15) is 0 Å². The number of piperidine rings is 7. The fourth-order valence-corrected chi connectivity index (χ4v) is 13.6. The molecule has 9 saturated heterocycles. The minimum absolute atomic E-state index is 0.872. The van der Waals surface area contributed by atoms with Gasteiger partial charge < -0.3 is 53.1 Å². The van der Waals surface area contributed by atoms with Gasteiger partial charge in [-0.25, -0.2) is 0 Å². The molecule has 18 radical (unpaired) electrons. The molecule has 9 aliphatic rings. The highest BCUT2D eigenvalue weighted by atomic mass is 15.2. The van der Waals surface area contributed by atoms with Crippen molar-refractivity contribution in [3.05, 3.63) is 0 Å². The predicted octanol–water partition coefficient (Wildman–Crippen LogP) is 2.87. The Morgan fingerprint density at radius 3 is 0.819 bits per heavy atom. The zero-order chi connectivity index (χ0) is 51.1. The molecule has 0 amide bonds. The molecule has 0 N–H and O–H groups in total. The average molecular weight is 973 g/mol. The van der Waals surface area contributed by atoms with Gasteiger partial charge in [-0.05, 0) is 287 Å². The third kappa shape index (κ3) is 24.0. The molecule has 386 valence electrons. The van der Waals surface area contributed by atoms with Crippen molar-refractivity contribution in [2.45, 2.75) is 128 Å². The van der Waals surface area contributed by atoms with E-state index >= 15 is 0 Å². The van der Waals surface area contributed by atoms with E-state index in [0.29, 0.717) is 0 Å². The Balaban J connectivity index is 0.000000160. The van der Waals surface area contributed by atoms with E-state index in [9.17, 15) is 0 Å². The molecule has 0 aliphatic carbocycles. The normalized spacial score (nSPS) is 27.5. The lowest BCUT2D eigenvalue weighted by molar-refractivity contribution is 0.126. The van der Waals surface area contributed by atoms with E-state index in [1.807, 2.05) is 43.3 Å². The highest BCUT2D eigenvalue weighted by Crippen LogP contribution is 2.39. The Labute approximate surface area is 455 Å². The SMILES string of the molecule is [B]N1CCC(C2CCN([B])CC2)CC1.[B]N1CCC(CC(CC2CCN([B])CC2)C2CCN([B])CC2)CC1.[B]N1CCC(CCCC2CCN([B])CC2)CC1.[B]N1CCN(CCCN2CCN([B])CC2)CC1. The highest BCUT2D eigenvalue weighted by Gasteiger charge is 2.32. The smallest absolute Gasteiger partial charge is 0.182 e. The van der Waals surface area contributed by atoms with Gasteiger partial charge in [0.25, 0.3) is 0 Å². The molecule has 9 heterocycles. The Hall–Kier alpha value is 0.144. The number of hydrogen-bond acceptors (Lipinski definition) is 11. The summed E-state index contributed by atoms with van der Waals surface area (Å²) in [5, 5.41) is 0. The van der Waals surface area contributed by atoms with Crippen molar-refractivity contribution >= 4 is 71.8 Å². The lowest BCUT2D eigenvalue weighted by atomic mass is 9.71. The monoisotopic (exact) mass is 974 g/mol. The molecule has 72 heavy (non-hydrogen) atoms. The second-order valence-corrected chi connectivity index (χ2v) is 24.3. The van der Waals surface area contributed by atoms with Crippen molar-refractivity contribution < 1.29 is 0 Å². The van der Waals surface area contributed by atoms with Gasteiger partial charge in [0.1, 0.15) is 0 Å². The van der Waals surface area contributed by atoms with Crippen LogP contribution in [0.1, 0.15) is 128 Å². The Morgan fingerprint density at radius 2 is 0.514 bits per heavy atom. The summed E-state index contributed by atoms with van der Waals surface area (Å²) >= 11 is 0. The number of rotatable bonds is 14. The minimum Gasteiger partial charge on any atom is -0.353 e. The molecule has 20 heteroatoms. The van der Waals surface area contributed by atoms with E-state index in [4.69, 9.17) is 71.8 Å². The maximum Gasteiger partial charge on any atom is 0.182 e. The van der Waals surface area contributed by atoms with Crippen LogP contribution in [0.2, 0.25) is 0 Å². The second kappa shape index (κ2) is 34.2. The van der Waals surface area contributed by atoms with Gasteiger partial charge in [-0.3, -0.25) is 0 Å². The standard InChI is InChI=1S/C18H32B3N3.C13H24B2N2.C11H22B2N4.C10H18B2N2/c19-22-7-1-15(2-8-22)13-18(17-5-11-24(21)12-6-17)14-16-3-9-23(20)10-4-16;14-16-8-4-12(5-9-16)2-1-3-13-6-10-17(15)11-7-13;12-16-8-4-14(5-9-16)2-1-3-15-6-10-17(13)11-7-15;11-13-5-1-9(2-6-13)10-3-7-14(12)8-4-10/h15-18H,1-14H2;12-13H,1-11H2;1-11H2;9-10H,1-8H2. The van der Waals surface area contributed by atoms with Gasteiger partial charge in [0, 0.05) is 26.2 Å². The van der Waals surface area contributed by atoms with Gasteiger partial charge in [0.2, 0.25) is 0 Å². The van der Waals surface area contributed by atoms with Gasteiger partial charge in [-0.1, -0.05) is 19.3 Å². The molecular formula is C52H96B9N11. The van der Waals surface area contributed by atoms with Crippen LogP contribution in [0, 0.1) is 47.3 Å². The van der Waals surface area contributed by atoms with Crippen molar-refractivity contribution in [3.8, 4) is 0 Å². The number of nitrogens with zero attached hydrogens (tertiary/aromatic N) is 11. The highest BCUT2D eigenvalue weighted by molar-refractivity contribution is 6.06. The van der Waals surface area contributed by atoms with Crippen molar-refractivity contribution in [3.63, 3.8) is 0 Å². The lowest BCUT2D eigenvalue weighted by Crippen LogP contribution is -2.47. The van der Waals surface area contributed by atoms with E-state index in [0.717, 1.165) is 191 Å².